The molecule has 1 atom stereocenters. The van der Waals surface area contributed by atoms with Crippen LogP contribution in [0.2, 0.25) is 0 Å². The van der Waals surface area contributed by atoms with Crippen LogP contribution in [0.25, 0.3) is 0 Å². The minimum absolute atomic E-state index is 0.217. The van der Waals surface area contributed by atoms with Crippen molar-refractivity contribution in [1.29, 1.82) is 0 Å². The number of primary amides is 1. The van der Waals surface area contributed by atoms with E-state index in [1.54, 1.807) is 25.6 Å². The quantitative estimate of drug-likeness (QED) is 0.863. The van der Waals surface area contributed by atoms with Crippen molar-refractivity contribution in [3.63, 3.8) is 0 Å². The fraction of sp³-hybridized carbons (Fsp3) is 0.389. The van der Waals surface area contributed by atoms with Crippen LogP contribution in [0.5, 0.6) is 17.4 Å². The number of ether oxygens (including phenoxy) is 2. The highest BCUT2D eigenvalue weighted by Gasteiger charge is 2.23. The normalized spacial score (nSPS) is 17.9. The fourth-order valence-corrected chi connectivity index (χ4v) is 3.05. The van der Waals surface area contributed by atoms with Gasteiger partial charge in [0, 0.05) is 24.7 Å². The topological polar surface area (TPSA) is 90.6 Å². The first-order valence-corrected chi connectivity index (χ1v) is 8.28. The molecule has 1 amide bonds. The minimum Gasteiger partial charge on any atom is -0.497 e. The van der Waals surface area contributed by atoms with Gasteiger partial charge in [-0.05, 0) is 31.5 Å². The summed E-state index contributed by atoms with van der Waals surface area (Å²) in [5.74, 6) is 1.72. The van der Waals surface area contributed by atoms with Crippen molar-refractivity contribution in [3.8, 4) is 17.4 Å². The van der Waals surface area contributed by atoms with Crippen LogP contribution in [0.3, 0.4) is 0 Å². The van der Waals surface area contributed by atoms with E-state index in [-0.39, 0.29) is 18.4 Å². The molecule has 1 aliphatic heterocycles. The molecule has 132 valence electrons. The molecule has 1 aromatic heterocycles. The second kappa shape index (κ2) is 7.94. The van der Waals surface area contributed by atoms with E-state index in [0.29, 0.717) is 11.6 Å². The van der Waals surface area contributed by atoms with Gasteiger partial charge in [0.25, 0.3) is 0 Å². The zero-order valence-corrected chi connectivity index (χ0v) is 14.2. The van der Waals surface area contributed by atoms with E-state index in [2.05, 4.69) is 14.9 Å². The molecule has 0 aliphatic carbocycles. The van der Waals surface area contributed by atoms with E-state index in [1.165, 1.54) is 0 Å². The number of rotatable bonds is 6. The summed E-state index contributed by atoms with van der Waals surface area (Å²) in [5.41, 5.74) is 6.17. The lowest BCUT2D eigenvalue weighted by molar-refractivity contribution is -0.119. The molecule has 2 heterocycles. The molecule has 0 spiro atoms. The Labute approximate surface area is 146 Å². The van der Waals surface area contributed by atoms with Crippen LogP contribution in [0.15, 0.2) is 36.7 Å². The number of nitrogens with zero attached hydrogens (tertiary/aromatic N) is 3. The predicted molar refractivity (Wildman–Crippen MR) is 92.7 cm³/mol. The van der Waals surface area contributed by atoms with Crippen molar-refractivity contribution < 1.29 is 14.3 Å². The Morgan fingerprint density at radius 1 is 1.36 bits per heavy atom. The second-order valence-electron chi connectivity index (χ2n) is 6.10. The van der Waals surface area contributed by atoms with Crippen LogP contribution in [0, 0.1) is 0 Å². The van der Waals surface area contributed by atoms with Gasteiger partial charge in [-0.15, -0.1) is 0 Å². The number of amides is 1. The number of piperidine rings is 1. The molecule has 2 N–H and O–H groups in total. The molecule has 1 aliphatic rings. The van der Waals surface area contributed by atoms with Crippen molar-refractivity contribution in [3.05, 3.63) is 42.4 Å². The van der Waals surface area contributed by atoms with Gasteiger partial charge < -0.3 is 15.2 Å². The van der Waals surface area contributed by atoms with Gasteiger partial charge in [0.1, 0.15) is 11.5 Å². The van der Waals surface area contributed by atoms with E-state index in [1.807, 2.05) is 18.2 Å². The highest BCUT2D eigenvalue weighted by Crippen LogP contribution is 2.28. The highest BCUT2D eigenvalue weighted by molar-refractivity contribution is 5.75. The number of benzene rings is 1. The lowest BCUT2D eigenvalue weighted by Crippen LogP contribution is -2.40. The van der Waals surface area contributed by atoms with Crippen LogP contribution < -0.4 is 15.2 Å². The van der Waals surface area contributed by atoms with Gasteiger partial charge in [-0.3, -0.25) is 14.7 Å². The number of aromatic nitrogens is 2. The SMILES string of the molecule is COc1cccc(Oc2cncc([C@H]3CCCN(CC(N)=O)C3)n2)c1. The maximum absolute atomic E-state index is 11.1. The van der Waals surface area contributed by atoms with Gasteiger partial charge in [-0.1, -0.05) is 6.07 Å². The third-order valence-electron chi connectivity index (χ3n) is 4.20. The fourth-order valence-electron chi connectivity index (χ4n) is 3.05. The first-order chi connectivity index (χ1) is 12.1. The predicted octanol–water partition coefficient (Wildman–Crippen LogP) is 1.94. The molecular weight excluding hydrogens is 320 g/mol. The average molecular weight is 342 g/mol. The smallest absolute Gasteiger partial charge is 0.238 e. The monoisotopic (exact) mass is 342 g/mol. The Balaban J connectivity index is 1.71. The summed E-state index contributed by atoms with van der Waals surface area (Å²) < 4.78 is 11.0. The van der Waals surface area contributed by atoms with Crippen LogP contribution in [-0.4, -0.2) is 47.5 Å². The number of nitrogens with two attached hydrogens (primary N) is 1. The molecule has 7 nitrogen and oxygen atoms in total. The largest absolute Gasteiger partial charge is 0.497 e. The number of carbonyl (C=O) groups is 1. The lowest BCUT2D eigenvalue weighted by Gasteiger charge is -2.31. The molecule has 2 aromatic rings. The number of hydrogen-bond acceptors (Lipinski definition) is 6. The van der Waals surface area contributed by atoms with E-state index >= 15 is 0 Å². The van der Waals surface area contributed by atoms with Crippen molar-refractivity contribution in [2.75, 3.05) is 26.7 Å². The Morgan fingerprint density at radius 3 is 3.00 bits per heavy atom. The molecule has 0 unspecified atom stereocenters. The third-order valence-corrected chi connectivity index (χ3v) is 4.20. The molecule has 25 heavy (non-hydrogen) atoms. The maximum Gasteiger partial charge on any atom is 0.238 e. The van der Waals surface area contributed by atoms with Crippen molar-refractivity contribution in [2.45, 2.75) is 18.8 Å². The van der Waals surface area contributed by atoms with E-state index in [4.69, 9.17) is 15.2 Å². The molecule has 3 rings (SSSR count). The summed E-state index contributed by atoms with van der Waals surface area (Å²) in [6.07, 6.45) is 5.36. The Morgan fingerprint density at radius 2 is 2.20 bits per heavy atom. The summed E-state index contributed by atoms with van der Waals surface area (Å²) in [7, 11) is 1.61. The summed E-state index contributed by atoms with van der Waals surface area (Å²) in [4.78, 5) is 22.1. The van der Waals surface area contributed by atoms with Crippen molar-refractivity contribution >= 4 is 5.91 Å². The molecule has 0 radical (unpaired) electrons. The summed E-state index contributed by atoms with van der Waals surface area (Å²) in [6, 6.07) is 7.34. The zero-order chi connectivity index (χ0) is 17.6. The molecule has 1 fully saturated rings. The zero-order valence-electron chi connectivity index (χ0n) is 14.2. The summed E-state index contributed by atoms with van der Waals surface area (Å²) in [5, 5.41) is 0. The van der Waals surface area contributed by atoms with Crippen LogP contribution in [0.4, 0.5) is 0 Å². The second-order valence-corrected chi connectivity index (χ2v) is 6.10. The van der Waals surface area contributed by atoms with E-state index < -0.39 is 0 Å². The van der Waals surface area contributed by atoms with Crippen molar-refractivity contribution in [1.82, 2.24) is 14.9 Å². The number of methoxy groups -OCH3 is 1. The Bertz CT molecular complexity index is 738. The lowest BCUT2D eigenvalue weighted by atomic mass is 9.95. The Kier molecular flexibility index (Phi) is 5.45. The highest BCUT2D eigenvalue weighted by atomic mass is 16.5. The van der Waals surface area contributed by atoms with Gasteiger partial charge >= 0.3 is 0 Å². The standard InChI is InChI=1S/C18H22N4O3/c1-24-14-5-2-6-15(8-14)25-18-10-20-9-16(21-18)13-4-3-7-22(11-13)12-17(19)23/h2,5-6,8-10,13H,3-4,7,11-12H2,1H3,(H2,19,23)/t13-/m0/s1. The average Bonchev–Trinajstić information content (AvgIpc) is 2.62. The minimum atomic E-state index is -0.304. The molecule has 7 heteroatoms. The Hall–Kier alpha value is -2.67. The van der Waals surface area contributed by atoms with Crippen molar-refractivity contribution in [2.24, 2.45) is 5.73 Å². The molecule has 0 bridgehead atoms. The molecule has 1 saturated heterocycles. The van der Waals surface area contributed by atoms with Crippen LogP contribution >= 0.6 is 0 Å². The third kappa shape index (κ3) is 4.67. The van der Waals surface area contributed by atoms with E-state index in [0.717, 1.165) is 37.4 Å². The summed E-state index contributed by atoms with van der Waals surface area (Å²) >= 11 is 0. The van der Waals surface area contributed by atoms with Crippen LogP contribution in [0.1, 0.15) is 24.5 Å². The van der Waals surface area contributed by atoms with Gasteiger partial charge in [-0.25, -0.2) is 4.98 Å². The number of hydrogen-bond donors (Lipinski definition) is 1. The first kappa shape index (κ1) is 17.2. The number of likely N-dealkylation sites (tertiary alicyclic amines) is 1. The molecule has 0 saturated carbocycles. The molecule has 1 aromatic carbocycles. The van der Waals surface area contributed by atoms with Crippen LogP contribution in [-0.2, 0) is 4.79 Å². The maximum atomic E-state index is 11.1. The van der Waals surface area contributed by atoms with Gasteiger partial charge in [0.15, 0.2) is 0 Å². The number of carbonyl (C=O) groups excluding carboxylic acids is 1. The van der Waals surface area contributed by atoms with Gasteiger partial charge in [-0.2, -0.15) is 0 Å². The van der Waals surface area contributed by atoms with Gasteiger partial charge in [0.2, 0.25) is 11.8 Å². The van der Waals surface area contributed by atoms with Gasteiger partial charge in [0.05, 0.1) is 25.5 Å². The molecular formula is C18H22N4O3. The summed E-state index contributed by atoms with van der Waals surface area (Å²) in [6.45, 7) is 1.91. The first-order valence-electron chi connectivity index (χ1n) is 8.28. The van der Waals surface area contributed by atoms with E-state index in [9.17, 15) is 4.79 Å².